The zero-order valence-electron chi connectivity index (χ0n) is 9.34. The van der Waals surface area contributed by atoms with Crippen molar-refractivity contribution in [3.8, 4) is 11.1 Å². The zero-order valence-corrected chi connectivity index (χ0v) is 10.1. The molecule has 0 radical (unpaired) electrons. The predicted octanol–water partition coefficient (Wildman–Crippen LogP) is 2.25. The van der Waals surface area contributed by atoms with Gasteiger partial charge in [-0.2, -0.15) is 0 Å². The van der Waals surface area contributed by atoms with Crippen molar-refractivity contribution in [2.24, 2.45) is 0 Å². The number of aromatic nitrogens is 1. The Bertz CT molecular complexity index is 631. The first-order valence-electron chi connectivity index (χ1n) is 5.24. The van der Waals surface area contributed by atoms with Crippen molar-refractivity contribution in [2.45, 2.75) is 6.54 Å². The molecule has 0 bridgehead atoms. The predicted molar refractivity (Wildman–Crippen MR) is 68.8 cm³/mol. The first kappa shape index (κ1) is 12.4. The normalized spacial score (nSPS) is 10.3. The number of carboxylic acids is 1. The van der Waals surface area contributed by atoms with Gasteiger partial charge in [-0.3, -0.25) is 9.59 Å². The molecule has 0 saturated heterocycles. The Morgan fingerprint density at radius 1 is 1.11 bits per heavy atom. The van der Waals surface area contributed by atoms with Gasteiger partial charge >= 0.3 is 5.97 Å². The van der Waals surface area contributed by atoms with Crippen molar-refractivity contribution in [1.29, 1.82) is 0 Å². The average Bonchev–Trinajstić information content (AvgIpc) is 2.32. The summed E-state index contributed by atoms with van der Waals surface area (Å²) in [7, 11) is 0. The van der Waals surface area contributed by atoms with Crippen LogP contribution in [-0.4, -0.2) is 15.6 Å². The highest BCUT2D eigenvalue weighted by Crippen LogP contribution is 2.20. The molecule has 2 rings (SSSR count). The third-order valence-electron chi connectivity index (χ3n) is 2.47. The van der Waals surface area contributed by atoms with Gasteiger partial charge in [-0.15, -0.1) is 0 Å². The number of halogens is 1. The second-order valence-corrected chi connectivity index (χ2v) is 4.22. The molecule has 0 amide bonds. The Kier molecular flexibility index (Phi) is 3.48. The SMILES string of the molecule is O=C(O)Cn1cc(-c2ccc(Cl)cc2)ccc1=O. The summed E-state index contributed by atoms with van der Waals surface area (Å²) in [5.74, 6) is -1.05. The molecular formula is C13H10ClNO3. The third kappa shape index (κ3) is 2.78. The molecule has 2 aromatic rings. The lowest BCUT2D eigenvalue weighted by molar-refractivity contribution is -0.137. The number of pyridine rings is 1. The van der Waals surface area contributed by atoms with Crippen LogP contribution in [0.3, 0.4) is 0 Å². The molecule has 92 valence electrons. The molecule has 0 aliphatic carbocycles. The topological polar surface area (TPSA) is 59.3 Å². The van der Waals surface area contributed by atoms with Crippen LogP contribution in [0, 0.1) is 0 Å². The van der Waals surface area contributed by atoms with E-state index >= 15 is 0 Å². The number of carbonyl (C=O) groups is 1. The Labute approximate surface area is 108 Å². The quantitative estimate of drug-likeness (QED) is 0.924. The van der Waals surface area contributed by atoms with E-state index in [1.54, 1.807) is 18.2 Å². The van der Waals surface area contributed by atoms with Crippen molar-refractivity contribution in [3.63, 3.8) is 0 Å². The largest absolute Gasteiger partial charge is 0.480 e. The van der Waals surface area contributed by atoms with Crippen LogP contribution in [0.5, 0.6) is 0 Å². The van der Waals surface area contributed by atoms with Gasteiger partial charge < -0.3 is 9.67 Å². The minimum Gasteiger partial charge on any atom is -0.480 e. The molecule has 1 aromatic heterocycles. The summed E-state index contributed by atoms with van der Waals surface area (Å²) in [6, 6.07) is 10.1. The molecule has 4 nitrogen and oxygen atoms in total. The maximum absolute atomic E-state index is 11.5. The van der Waals surface area contributed by atoms with Crippen molar-refractivity contribution in [1.82, 2.24) is 4.57 Å². The first-order valence-corrected chi connectivity index (χ1v) is 5.62. The van der Waals surface area contributed by atoms with E-state index in [2.05, 4.69) is 0 Å². The Balaban J connectivity index is 2.43. The number of hydrogen-bond donors (Lipinski definition) is 1. The van der Waals surface area contributed by atoms with Crippen LogP contribution in [0.2, 0.25) is 5.02 Å². The molecule has 0 aliphatic rings. The molecule has 0 aliphatic heterocycles. The van der Waals surface area contributed by atoms with Crippen LogP contribution in [0.15, 0.2) is 47.4 Å². The molecule has 0 unspecified atom stereocenters. The van der Waals surface area contributed by atoms with E-state index in [0.717, 1.165) is 15.7 Å². The summed E-state index contributed by atoms with van der Waals surface area (Å²) in [6.07, 6.45) is 1.53. The maximum Gasteiger partial charge on any atom is 0.323 e. The monoisotopic (exact) mass is 263 g/mol. The van der Waals surface area contributed by atoms with Crippen LogP contribution in [-0.2, 0) is 11.3 Å². The zero-order chi connectivity index (χ0) is 13.1. The highest BCUT2D eigenvalue weighted by atomic mass is 35.5. The Morgan fingerprint density at radius 3 is 2.33 bits per heavy atom. The van der Waals surface area contributed by atoms with Gasteiger partial charge in [0.2, 0.25) is 0 Å². The van der Waals surface area contributed by atoms with E-state index < -0.39 is 5.97 Å². The van der Waals surface area contributed by atoms with Gasteiger partial charge in [0.15, 0.2) is 0 Å². The first-order chi connectivity index (χ1) is 8.56. The van der Waals surface area contributed by atoms with Crippen LogP contribution in [0.4, 0.5) is 0 Å². The Morgan fingerprint density at radius 2 is 1.72 bits per heavy atom. The smallest absolute Gasteiger partial charge is 0.323 e. The van der Waals surface area contributed by atoms with Crippen molar-refractivity contribution >= 4 is 17.6 Å². The fourth-order valence-electron chi connectivity index (χ4n) is 1.61. The van der Waals surface area contributed by atoms with Gasteiger partial charge in [-0.25, -0.2) is 0 Å². The van der Waals surface area contributed by atoms with E-state index in [9.17, 15) is 9.59 Å². The number of hydrogen-bond acceptors (Lipinski definition) is 2. The van der Waals surface area contributed by atoms with Crippen LogP contribution in [0.1, 0.15) is 0 Å². The summed E-state index contributed by atoms with van der Waals surface area (Å²) in [5, 5.41) is 9.33. The Hall–Kier alpha value is -2.07. The van der Waals surface area contributed by atoms with Crippen LogP contribution >= 0.6 is 11.6 Å². The van der Waals surface area contributed by atoms with Crippen LogP contribution in [0.25, 0.3) is 11.1 Å². The van der Waals surface area contributed by atoms with Crippen molar-refractivity contribution < 1.29 is 9.90 Å². The molecule has 1 N–H and O–H groups in total. The molecule has 0 atom stereocenters. The van der Waals surface area contributed by atoms with Gasteiger partial charge in [-0.05, 0) is 29.3 Å². The van der Waals surface area contributed by atoms with E-state index in [4.69, 9.17) is 16.7 Å². The molecule has 0 saturated carbocycles. The standard InChI is InChI=1S/C13H10ClNO3/c14-11-4-1-9(2-5-11)10-3-6-12(16)15(7-10)8-13(17)18/h1-7H,8H2,(H,17,18). The lowest BCUT2D eigenvalue weighted by atomic mass is 10.1. The highest BCUT2D eigenvalue weighted by Gasteiger charge is 2.04. The number of carboxylic acid groups (broad SMARTS) is 1. The summed E-state index contributed by atoms with van der Waals surface area (Å²) in [4.78, 5) is 22.1. The van der Waals surface area contributed by atoms with Crippen molar-refractivity contribution in [3.05, 3.63) is 58.0 Å². The van der Waals surface area contributed by atoms with Gasteiger partial charge in [0.1, 0.15) is 6.54 Å². The van der Waals surface area contributed by atoms with Crippen LogP contribution < -0.4 is 5.56 Å². The molecule has 5 heteroatoms. The molecule has 18 heavy (non-hydrogen) atoms. The molecule has 1 aromatic carbocycles. The molecule has 0 spiro atoms. The van der Waals surface area contributed by atoms with Gasteiger partial charge in [0.05, 0.1) is 0 Å². The number of nitrogens with zero attached hydrogens (tertiary/aromatic N) is 1. The summed E-state index contributed by atoms with van der Waals surface area (Å²) in [5.41, 5.74) is 1.31. The van der Waals surface area contributed by atoms with Gasteiger partial charge in [-0.1, -0.05) is 23.7 Å². The maximum atomic E-state index is 11.5. The minimum absolute atomic E-state index is 0.338. The molecule has 0 fully saturated rings. The van der Waals surface area contributed by atoms with Crippen molar-refractivity contribution in [2.75, 3.05) is 0 Å². The number of rotatable bonds is 3. The molecule has 1 heterocycles. The van der Waals surface area contributed by atoms with E-state index in [0.29, 0.717) is 5.02 Å². The van der Waals surface area contributed by atoms with E-state index in [1.807, 2.05) is 12.1 Å². The lowest BCUT2D eigenvalue weighted by Crippen LogP contribution is -2.22. The summed E-state index contributed by atoms with van der Waals surface area (Å²) < 4.78 is 1.16. The van der Waals surface area contributed by atoms with E-state index in [-0.39, 0.29) is 12.1 Å². The van der Waals surface area contributed by atoms with Gasteiger partial charge in [0.25, 0.3) is 5.56 Å². The highest BCUT2D eigenvalue weighted by molar-refractivity contribution is 6.30. The average molecular weight is 264 g/mol. The number of aliphatic carboxylic acids is 1. The van der Waals surface area contributed by atoms with Gasteiger partial charge in [0, 0.05) is 17.3 Å². The fourth-order valence-corrected chi connectivity index (χ4v) is 1.74. The number of benzene rings is 1. The third-order valence-corrected chi connectivity index (χ3v) is 2.72. The summed E-state index contributed by atoms with van der Waals surface area (Å²) in [6.45, 7) is -0.347. The minimum atomic E-state index is -1.05. The lowest BCUT2D eigenvalue weighted by Gasteiger charge is -2.06. The fraction of sp³-hybridized carbons (Fsp3) is 0.0769. The second-order valence-electron chi connectivity index (χ2n) is 3.78. The second kappa shape index (κ2) is 5.06. The van der Waals surface area contributed by atoms with E-state index in [1.165, 1.54) is 12.3 Å². The summed E-state index contributed by atoms with van der Waals surface area (Å²) >= 11 is 5.79. The molecular weight excluding hydrogens is 254 g/mol.